The first kappa shape index (κ1) is 22.6. The molecule has 4 rings (SSSR count). The molecule has 168 valence electrons. The van der Waals surface area contributed by atoms with Crippen LogP contribution in [0.3, 0.4) is 0 Å². The van der Waals surface area contributed by atoms with Crippen LogP contribution in [0, 0.1) is 13.8 Å². The van der Waals surface area contributed by atoms with E-state index in [4.69, 9.17) is 33.3 Å². The molecule has 1 aliphatic rings. The predicted molar refractivity (Wildman–Crippen MR) is 132 cm³/mol. The molecule has 0 amide bonds. The molecule has 1 aromatic carbocycles. The van der Waals surface area contributed by atoms with Crippen molar-refractivity contribution in [3.63, 3.8) is 0 Å². The third-order valence-corrected chi connectivity index (χ3v) is 6.58. The lowest BCUT2D eigenvalue weighted by atomic mass is 9.96. The molecule has 1 saturated heterocycles. The molecule has 0 aliphatic carbocycles. The van der Waals surface area contributed by atoms with Crippen LogP contribution in [0.1, 0.15) is 34.7 Å². The first-order valence-corrected chi connectivity index (χ1v) is 11.3. The van der Waals surface area contributed by atoms with E-state index in [1.54, 1.807) is 7.11 Å². The van der Waals surface area contributed by atoms with Gasteiger partial charge < -0.3 is 24.3 Å². The fourth-order valence-electron chi connectivity index (χ4n) is 4.12. The van der Waals surface area contributed by atoms with E-state index in [0.717, 1.165) is 11.4 Å². The highest BCUT2D eigenvalue weighted by molar-refractivity contribution is 7.80. The minimum absolute atomic E-state index is 0.0753. The number of methoxy groups -OCH3 is 1. The summed E-state index contributed by atoms with van der Waals surface area (Å²) in [6.45, 7) is 5.18. The number of rotatable bonds is 7. The third-order valence-electron chi connectivity index (χ3n) is 5.97. The Kier molecular flexibility index (Phi) is 6.69. The number of halogens is 1. The Balaban J connectivity index is 1.76. The van der Waals surface area contributed by atoms with Gasteiger partial charge in [0.1, 0.15) is 12.4 Å². The number of hydrogen-bond acceptors (Lipinski definition) is 4. The van der Waals surface area contributed by atoms with Crippen molar-refractivity contribution in [3.8, 4) is 5.75 Å². The van der Waals surface area contributed by atoms with E-state index in [1.807, 2.05) is 42.6 Å². The van der Waals surface area contributed by atoms with E-state index >= 15 is 0 Å². The maximum Gasteiger partial charge on any atom is 0.174 e. The zero-order valence-electron chi connectivity index (χ0n) is 18.6. The minimum atomic E-state index is -0.0967. The van der Waals surface area contributed by atoms with E-state index in [-0.39, 0.29) is 12.1 Å². The molecular weight excluding hydrogens is 444 g/mol. The van der Waals surface area contributed by atoms with Crippen molar-refractivity contribution in [3.05, 3.63) is 76.3 Å². The van der Waals surface area contributed by atoms with Crippen LogP contribution < -0.4 is 15.0 Å². The topological polar surface area (TPSA) is 51.6 Å². The van der Waals surface area contributed by atoms with Crippen molar-refractivity contribution in [2.75, 3.05) is 25.2 Å². The summed E-state index contributed by atoms with van der Waals surface area (Å²) in [5.41, 5.74) is 5.42. The van der Waals surface area contributed by atoms with Gasteiger partial charge in [-0.1, -0.05) is 17.7 Å². The second kappa shape index (κ2) is 9.48. The van der Waals surface area contributed by atoms with E-state index in [0.29, 0.717) is 29.1 Å². The Bertz CT molecular complexity index is 1120. The fourth-order valence-corrected chi connectivity index (χ4v) is 4.70. The maximum absolute atomic E-state index is 6.57. The predicted octanol–water partition coefficient (Wildman–Crippen LogP) is 4.89. The molecule has 0 bridgehead atoms. The van der Waals surface area contributed by atoms with Crippen LogP contribution in [0.25, 0.3) is 0 Å². The number of thiocarbonyl (C=S) groups is 1. The lowest BCUT2D eigenvalue weighted by molar-refractivity contribution is 0.146. The van der Waals surface area contributed by atoms with Crippen LogP contribution in [0.4, 0.5) is 5.69 Å². The standard InChI is InChI=1S/C24H27ClN4O2S/c1-15-13-18(16(2)28(15)3)23-22(20-7-5-6-10-26-20)27-24(32)29(23)17-8-9-21(19(25)14-17)31-12-11-30-4/h5-10,13-14,22-23H,11-12H2,1-4H3,(H,27,32)/t22-,23+/m0/s1. The average Bonchev–Trinajstić information content (AvgIpc) is 3.26. The number of anilines is 1. The van der Waals surface area contributed by atoms with Crippen molar-refractivity contribution in [1.29, 1.82) is 0 Å². The van der Waals surface area contributed by atoms with Crippen LogP contribution >= 0.6 is 23.8 Å². The number of benzene rings is 1. The second-order valence-electron chi connectivity index (χ2n) is 7.84. The van der Waals surface area contributed by atoms with Gasteiger partial charge in [-0.15, -0.1) is 0 Å². The van der Waals surface area contributed by atoms with Gasteiger partial charge >= 0.3 is 0 Å². The summed E-state index contributed by atoms with van der Waals surface area (Å²) in [4.78, 5) is 6.74. The highest BCUT2D eigenvalue weighted by Gasteiger charge is 2.42. The van der Waals surface area contributed by atoms with Crippen molar-refractivity contribution in [2.24, 2.45) is 7.05 Å². The summed E-state index contributed by atoms with van der Waals surface area (Å²) in [7, 11) is 3.72. The molecule has 0 radical (unpaired) electrons. The summed E-state index contributed by atoms with van der Waals surface area (Å²) in [6.07, 6.45) is 1.81. The number of aromatic nitrogens is 2. The highest BCUT2D eigenvalue weighted by atomic mass is 35.5. The second-order valence-corrected chi connectivity index (χ2v) is 8.63. The number of nitrogens with zero attached hydrogens (tertiary/aromatic N) is 3. The van der Waals surface area contributed by atoms with Gasteiger partial charge in [0, 0.05) is 37.4 Å². The Hall–Kier alpha value is -2.61. The first-order valence-electron chi connectivity index (χ1n) is 10.5. The summed E-state index contributed by atoms with van der Waals surface area (Å²) in [5, 5.41) is 4.66. The molecule has 6 nitrogen and oxygen atoms in total. The van der Waals surface area contributed by atoms with Gasteiger partial charge in [0.2, 0.25) is 0 Å². The largest absolute Gasteiger partial charge is 0.490 e. The van der Waals surface area contributed by atoms with Crippen LogP contribution in [-0.4, -0.2) is 35.0 Å². The molecule has 1 N–H and O–H groups in total. The molecule has 32 heavy (non-hydrogen) atoms. The van der Waals surface area contributed by atoms with Gasteiger partial charge in [0.25, 0.3) is 0 Å². The molecule has 0 saturated carbocycles. The molecular formula is C24H27ClN4O2S. The summed E-state index contributed by atoms with van der Waals surface area (Å²) in [5.74, 6) is 0.620. The molecule has 8 heteroatoms. The third kappa shape index (κ3) is 4.20. The molecule has 1 fully saturated rings. The Morgan fingerprint density at radius 1 is 1.16 bits per heavy atom. The maximum atomic E-state index is 6.57. The Morgan fingerprint density at radius 3 is 2.59 bits per heavy atom. The number of ether oxygens (including phenoxy) is 2. The van der Waals surface area contributed by atoms with Crippen LogP contribution in [-0.2, 0) is 11.8 Å². The van der Waals surface area contributed by atoms with Gasteiger partial charge in [0.15, 0.2) is 5.11 Å². The van der Waals surface area contributed by atoms with Gasteiger partial charge in [-0.3, -0.25) is 4.98 Å². The van der Waals surface area contributed by atoms with Crippen molar-refractivity contribution >= 4 is 34.6 Å². The zero-order valence-corrected chi connectivity index (χ0v) is 20.2. The van der Waals surface area contributed by atoms with E-state index in [1.165, 1.54) is 17.0 Å². The molecule has 2 atom stereocenters. The molecule has 2 aromatic heterocycles. The fraction of sp³-hybridized carbons (Fsp3) is 0.333. The van der Waals surface area contributed by atoms with E-state index < -0.39 is 0 Å². The lowest BCUT2D eigenvalue weighted by Gasteiger charge is -2.28. The average molecular weight is 471 g/mol. The van der Waals surface area contributed by atoms with Crippen molar-refractivity contribution < 1.29 is 9.47 Å². The van der Waals surface area contributed by atoms with E-state index in [9.17, 15) is 0 Å². The first-order chi connectivity index (χ1) is 15.4. The molecule has 1 aliphatic heterocycles. The smallest absolute Gasteiger partial charge is 0.174 e. The molecule has 3 aromatic rings. The monoisotopic (exact) mass is 470 g/mol. The molecule has 0 unspecified atom stereocenters. The quantitative estimate of drug-likeness (QED) is 0.392. The summed E-state index contributed by atoms with van der Waals surface area (Å²) < 4.78 is 13.0. The number of aryl methyl sites for hydroxylation is 1. The number of pyridine rings is 1. The zero-order chi connectivity index (χ0) is 22.8. The van der Waals surface area contributed by atoms with Gasteiger partial charge in [-0.2, -0.15) is 0 Å². The highest BCUT2D eigenvalue weighted by Crippen LogP contribution is 2.44. The minimum Gasteiger partial charge on any atom is -0.490 e. The summed E-state index contributed by atoms with van der Waals surface area (Å²) >= 11 is 12.4. The van der Waals surface area contributed by atoms with Gasteiger partial charge in [-0.05, 0) is 68.0 Å². The van der Waals surface area contributed by atoms with Crippen LogP contribution in [0.15, 0.2) is 48.7 Å². The van der Waals surface area contributed by atoms with Crippen LogP contribution in [0.2, 0.25) is 5.02 Å². The van der Waals surface area contributed by atoms with Crippen molar-refractivity contribution in [2.45, 2.75) is 25.9 Å². The Morgan fingerprint density at radius 2 is 1.97 bits per heavy atom. The normalized spacial score (nSPS) is 18.2. The molecule has 0 spiro atoms. The van der Waals surface area contributed by atoms with Crippen LogP contribution in [0.5, 0.6) is 5.75 Å². The van der Waals surface area contributed by atoms with E-state index in [2.05, 4.69) is 46.7 Å². The Labute approximate surface area is 199 Å². The van der Waals surface area contributed by atoms with Crippen molar-refractivity contribution in [1.82, 2.24) is 14.9 Å². The van der Waals surface area contributed by atoms with Gasteiger partial charge in [-0.25, -0.2) is 0 Å². The lowest BCUT2D eigenvalue weighted by Crippen LogP contribution is -2.29. The summed E-state index contributed by atoms with van der Waals surface area (Å²) in [6, 6.07) is 13.8. The number of hydrogen-bond donors (Lipinski definition) is 1. The molecule has 3 heterocycles. The number of nitrogens with one attached hydrogen (secondary N) is 1. The van der Waals surface area contributed by atoms with Gasteiger partial charge in [0.05, 0.1) is 29.4 Å². The SMILES string of the molecule is COCCOc1ccc(N2C(=S)N[C@@H](c3ccccn3)[C@H]2c2cc(C)n(C)c2C)cc1Cl.